The number of benzene rings is 3. The van der Waals surface area contributed by atoms with Gasteiger partial charge in [-0.2, -0.15) is 0 Å². The van der Waals surface area contributed by atoms with E-state index in [9.17, 15) is 36.3 Å². The largest absolute Gasteiger partial charge is 0.573 e. The summed E-state index contributed by atoms with van der Waals surface area (Å²) in [5, 5.41) is 5.21. The highest BCUT2D eigenvalue weighted by Gasteiger charge is 2.31. The van der Waals surface area contributed by atoms with Gasteiger partial charge in [-0.05, 0) is 42.3 Å². The highest BCUT2D eigenvalue weighted by molar-refractivity contribution is 7.22. The van der Waals surface area contributed by atoms with Gasteiger partial charge < -0.3 is 20.1 Å². The van der Waals surface area contributed by atoms with Gasteiger partial charge in [0.05, 0.1) is 22.3 Å². The maximum atomic E-state index is 14.8. The fourth-order valence-electron chi connectivity index (χ4n) is 4.33. The van der Waals surface area contributed by atoms with E-state index >= 15 is 0 Å². The molecule has 3 aromatic carbocycles. The zero-order valence-electron chi connectivity index (χ0n) is 21.4. The van der Waals surface area contributed by atoms with Crippen LogP contribution in [0.2, 0.25) is 0 Å². The monoisotopic (exact) mass is 605 g/mol. The molecule has 8 nitrogen and oxygen atoms in total. The lowest BCUT2D eigenvalue weighted by Crippen LogP contribution is -2.20. The predicted octanol–water partition coefficient (Wildman–Crippen LogP) is 6.75. The number of carbonyl (C=O) groups excluding carboxylic acids is 3. The SMILES string of the molecule is O=C1CCC(C(=O)Nc2nc3cc(Oc4ccc(F)c(NC(=O)Cc5cccc(OC(F)(F)F)c5)c4)c(F)cc3s2)C1. The zero-order chi connectivity index (χ0) is 30.0. The Labute approximate surface area is 238 Å². The van der Waals surface area contributed by atoms with E-state index in [0.29, 0.717) is 23.1 Å². The second-order valence-corrected chi connectivity index (χ2v) is 10.4. The fourth-order valence-corrected chi connectivity index (χ4v) is 5.21. The lowest BCUT2D eigenvalue weighted by Gasteiger charge is -2.12. The number of fused-ring (bicyclic) bond motifs is 1. The Hall–Kier alpha value is -4.59. The molecule has 1 aliphatic rings. The molecule has 0 spiro atoms. The average molecular weight is 606 g/mol. The third kappa shape index (κ3) is 7.18. The Bertz CT molecular complexity index is 1690. The highest BCUT2D eigenvalue weighted by atomic mass is 32.1. The smallest absolute Gasteiger partial charge is 0.454 e. The Morgan fingerprint density at radius 1 is 1.00 bits per heavy atom. The normalized spacial score (nSPS) is 15.1. The molecule has 14 heteroatoms. The molecule has 42 heavy (non-hydrogen) atoms. The number of ether oxygens (including phenoxy) is 2. The quantitative estimate of drug-likeness (QED) is 0.215. The van der Waals surface area contributed by atoms with Crippen LogP contribution in [-0.4, -0.2) is 28.9 Å². The van der Waals surface area contributed by atoms with Crippen molar-refractivity contribution in [1.82, 2.24) is 4.98 Å². The van der Waals surface area contributed by atoms with Crippen LogP contribution in [0.1, 0.15) is 24.8 Å². The number of hydrogen-bond acceptors (Lipinski definition) is 7. The molecule has 1 saturated carbocycles. The summed E-state index contributed by atoms with van der Waals surface area (Å²) in [5.74, 6) is -3.85. The summed E-state index contributed by atoms with van der Waals surface area (Å²) in [4.78, 5) is 40.7. The molecule has 0 saturated heterocycles. The summed E-state index contributed by atoms with van der Waals surface area (Å²) in [6, 6.07) is 10.6. The number of amides is 2. The summed E-state index contributed by atoms with van der Waals surface area (Å²) < 4.78 is 76.5. The van der Waals surface area contributed by atoms with E-state index in [1.54, 1.807) is 0 Å². The number of nitrogens with zero attached hydrogens (tertiary/aromatic N) is 1. The first kappa shape index (κ1) is 28.9. The predicted molar refractivity (Wildman–Crippen MR) is 142 cm³/mol. The van der Waals surface area contributed by atoms with Gasteiger partial charge in [0.15, 0.2) is 16.7 Å². The van der Waals surface area contributed by atoms with E-state index in [4.69, 9.17) is 4.74 Å². The second-order valence-electron chi connectivity index (χ2n) is 9.40. The minimum Gasteiger partial charge on any atom is -0.454 e. The van der Waals surface area contributed by atoms with Crippen molar-refractivity contribution in [3.05, 3.63) is 71.8 Å². The first-order chi connectivity index (χ1) is 19.9. The maximum Gasteiger partial charge on any atom is 0.573 e. The van der Waals surface area contributed by atoms with Crippen molar-refractivity contribution >= 4 is 50.0 Å². The number of rotatable bonds is 8. The zero-order valence-corrected chi connectivity index (χ0v) is 22.2. The molecule has 0 bridgehead atoms. The third-order valence-electron chi connectivity index (χ3n) is 6.23. The number of ketones is 1. The van der Waals surface area contributed by atoms with Crippen LogP contribution in [0.5, 0.6) is 17.2 Å². The first-order valence-electron chi connectivity index (χ1n) is 12.5. The summed E-state index contributed by atoms with van der Waals surface area (Å²) in [5.41, 5.74) is 0.209. The molecular weight excluding hydrogens is 585 g/mol. The molecule has 5 rings (SSSR count). The summed E-state index contributed by atoms with van der Waals surface area (Å²) >= 11 is 1.05. The number of alkyl halides is 3. The van der Waals surface area contributed by atoms with Crippen molar-refractivity contribution in [2.24, 2.45) is 5.92 Å². The highest BCUT2D eigenvalue weighted by Crippen LogP contribution is 2.35. The molecular formula is C28H20F5N3O5S. The standard InChI is InChI=1S/C28H20F5N3O5S/c29-19-7-6-17(11-21(19)34-25(38)9-14-2-1-3-18(8-14)41-28(31,32)33)40-23-13-22-24(12-20(23)30)42-27(35-22)36-26(39)15-4-5-16(37)10-15/h1-3,6-8,11-13,15H,4-5,9-10H2,(H,34,38)(H,35,36,39). The molecule has 0 radical (unpaired) electrons. The van der Waals surface area contributed by atoms with Crippen LogP contribution in [-0.2, 0) is 20.8 Å². The minimum atomic E-state index is -4.90. The van der Waals surface area contributed by atoms with Gasteiger partial charge in [0.25, 0.3) is 0 Å². The molecule has 2 N–H and O–H groups in total. The van der Waals surface area contributed by atoms with Crippen molar-refractivity contribution in [2.45, 2.75) is 32.0 Å². The van der Waals surface area contributed by atoms with Crippen molar-refractivity contribution in [3.8, 4) is 17.2 Å². The molecule has 1 heterocycles. The summed E-state index contributed by atoms with van der Waals surface area (Å²) in [6.45, 7) is 0. The van der Waals surface area contributed by atoms with E-state index < -0.39 is 35.6 Å². The molecule has 1 atom stereocenters. The van der Waals surface area contributed by atoms with Gasteiger partial charge in [-0.3, -0.25) is 14.4 Å². The Morgan fingerprint density at radius 2 is 1.81 bits per heavy atom. The van der Waals surface area contributed by atoms with Crippen LogP contribution in [0.25, 0.3) is 10.2 Å². The molecule has 0 aliphatic heterocycles. The molecule has 1 aliphatic carbocycles. The topological polar surface area (TPSA) is 107 Å². The number of Topliss-reactive ketones (excluding diaryl/α,β-unsaturated/α-hetero) is 1. The maximum absolute atomic E-state index is 14.8. The van der Waals surface area contributed by atoms with Gasteiger partial charge >= 0.3 is 6.36 Å². The summed E-state index contributed by atoms with van der Waals surface area (Å²) in [7, 11) is 0. The second kappa shape index (κ2) is 11.7. The van der Waals surface area contributed by atoms with Crippen LogP contribution in [0.4, 0.5) is 32.8 Å². The van der Waals surface area contributed by atoms with Gasteiger partial charge in [0.2, 0.25) is 11.8 Å². The van der Waals surface area contributed by atoms with Crippen LogP contribution in [0.3, 0.4) is 0 Å². The molecule has 4 aromatic rings. The Kier molecular flexibility index (Phi) is 8.07. The van der Waals surface area contributed by atoms with E-state index in [1.807, 2.05) is 0 Å². The number of nitrogens with one attached hydrogen (secondary N) is 2. The van der Waals surface area contributed by atoms with Crippen LogP contribution < -0.4 is 20.1 Å². The number of thiazole rings is 1. The van der Waals surface area contributed by atoms with E-state index in [2.05, 4.69) is 20.4 Å². The van der Waals surface area contributed by atoms with E-state index in [0.717, 1.165) is 35.6 Å². The lowest BCUT2D eigenvalue weighted by atomic mass is 10.1. The third-order valence-corrected chi connectivity index (χ3v) is 7.16. The van der Waals surface area contributed by atoms with Crippen LogP contribution >= 0.6 is 11.3 Å². The molecule has 1 fully saturated rings. The molecule has 2 amide bonds. The van der Waals surface area contributed by atoms with Crippen molar-refractivity contribution < 1.29 is 45.8 Å². The van der Waals surface area contributed by atoms with Gasteiger partial charge in [-0.1, -0.05) is 23.5 Å². The van der Waals surface area contributed by atoms with Crippen molar-refractivity contribution in [1.29, 1.82) is 0 Å². The summed E-state index contributed by atoms with van der Waals surface area (Å²) in [6.07, 6.45) is -4.29. The van der Waals surface area contributed by atoms with Gasteiger partial charge in [0, 0.05) is 30.9 Å². The Balaban J connectivity index is 1.26. The van der Waals surface area contributed by atoms with Gasteiger partial charge in [-0.15, -0.1) is 13.2 Å². The minimum absolute atomic E-state index is 0.0246. The van der Waals surface area contributed by atoms with Crippen LogP contribution in [0, 0.1) is 17.6 Å². The number of aromatic nitrogens is 1. The van der Waals surface area contributed by atoms with Crippen molar-refractivity contribution in [2.75, 3.05) is 10.6 Å². The first-order valence-corrected chi connectivity index (χ1v) is 13.3. The molecule has 1 aromatic heterocycles. The Morgan fingerprint density at radius 3 is 2.55 bits per heavy atom. The van der Waals surface area contributed by atoms with Gasteiger partial charge in [0.1, 0.15) is 23.1 Å². The van der Waals surface area contributed by atoms with Crippen molar-refractivity contribution in [3.63, 3.8) is 0 Å². The number of hydrogen-bond donors (Lipinski definition) is 2. The fraction of sp³-hybridized carbons (Fsp3) is 0.214. The van der Waals surface area contributed by atoms with Gasteiger partial charge in [-0.25, -0.2) is 13.8 Å². The number of halogens is 5. The average Bonchev–Trinajstić information content (AvgIpc) is 3.50. The molecule has 1 unspecified atom stereocenters. The molecule has 218 valence electrons. The lowest BCUT2D eigenvalue weighted by molar-refractivity contribution is -0.274. The van der Waals surface area contributed by atoms with E-state index in [-0.39, 0.29) is 52.4 Å². The van der Waals surface area contributed by atoms with Crippen LogP contribution in [0.15, 0.2) is 54.6 Å². The number of carbonyl (C=O) groups is 3. The van der Waals surface area contributed by atoms with E-state index in [1.165, 1.54) is 30.3 Å². The number of anilines is 2.